The van der Waals surface area contributed by atoms with Gasteiger partial charge in [0.25, 0.3) is 11.8 Å². The van der Waals surface area contributed by atoms with E-state index >= 15 is 0 Å². The third-order valence-corrected chi connectivity index (χ3v) is 5.05. The summed E-state index contributed by atoms with van der Waals surface area (Å²) in [5, 5.41) is 10.6. The van der Waals surface area contributed by atoms with Crippen molar-refractivity contribution in [3.63, 3.8) is 0 Å². The fraction of sp³-hybridized carbons (Fsp3) is 0.421. The van der Waals surface area contributed by atoms with Gasteiger partial charge >= 0.3 is 0 Å². The van der Waals surface area contributed by atoms with Crippen molar-refractivity contribution in [3.05, 3.63) is 52.3 Å². The maximum absolute atomic E-state index is 12.8. The molecule has 3 rings (SSSR count). The Bertz CT molecular complexity index is 812. The van der Waals surface area contributed by atoms with E-state index in [-0.39, 0.29) is 29.6 Å². The molecule has 0 spiro atoms. The Kier molecular flexibility index (Phi) is 5.61. The van der Waals surface area contributed by atoms with Gasteiger partial charge in [-0.05, 0) is 37.5 Å². The number of hydrogen-bond donors (Lipinski definition) is 2. The van der Waals surface area contributed by atoms with Crippen LogP contribution < -0.4 is 10.6 Å². The molecule has 0 aliphatic heterocycles. The molecule has 2 aromatic rings. The van der Waals surface area contributed by atoms with Gasteiger partial charge in [-0.1, -0.05) is 36.6 Å². The quantitative estimate of drug-likeness (QED) is 0.843. The Morgan fingerprint density at radius 3 is 2.62 bits per heavy atom. The van der Waals surface area contributed by atoms with Crippen LogP contribution in [0, 0.1) is 0 Å². The lowest BCUT2D eigenvalue weighted by atomic mass is 10.1. The first kappa shape index (κ1) is 18.5. The van der Waals surface area contributed by atoms with Crippen LogP contribution in [0.2, 0.25) is 5.02 Å². The standard InChI is InChI=1S/C19H23ClN4O2/c1-12(13-6-5-7-14(20)10-13)24-17(11-16(23-24)18(25)21-2)19(26)22-15-8-3-4-9-15/h5-7,10-12,15H,3-4,8-9H2,1-2H3,(H,21,25)(H,22,26)/t12-/m0/s1. The zero-order valence-corrected chi connectivity index (χ0v) is 15.7. The molecule has 1 aromatic heterocycles. The molecule has 138 valence electrons. The molecule has 0 radical (unpaired) electrons. The van der Waals surface area contributed by atoms with Crippen LogP contribution in [0.25, 0.3) is 0 Å². The Morgan fingerprint density at radius 1 is 1.23 bits per heavy atom. The minimum absolute atomic E-state index is 0.191. The Hall–Kier alpha value is -2.34. The summed E-state index contributed by atoms with van der Waals surface area (Å²) in [6, 6.07) is 8.92. The van der Waals surface area contributed by atoms with E-state index in [0.29, 0.717) is 10.7 Å². The lowest BCUT2D eigenvalue weighted by Crippen LogP contribution is -2.34. The summed E-state index contributed by atoms with van der Waals surface area (Å²) in [6.45, 7) is 1.93. The van der Waals surface area contributed by atoms with Crippen LogP contribution in [0.15, 0.2) is 30.3 Å². The molecule has 1 atom stereocenters. The van der Waals surface area contributed by atoms with Gasteiger partial charge in [-0.15, -0.1) is 0 Å². The van der Waals surface area contributed by atoms with E-state index in [4.69, 9.17) is 11.6 Å². The average Bonchev–Trinajstić information content (AvgIpc) is 3.30. The van der Waals surface area contributed by atoms with E-state index in [2.05, 4.69) is 15.7 Å². The van der Waals surface area contributed by atoms with E-state index in [1.54, 1.807) is 23.9 Å². The van der Waals surface area contributed by atoms with Gasteiger partial charge in [-0.25, -0.2) is 0 Å². The number of nitrogens with one attached hydrogen (secondary N) is 2. The largest absolute Gasteiger partial charge is 0.354 e. The molecule has 7 heteroatoms. The fourth-order valence-electron chi connectivity index (χ4n) is 3.34. The van der Waals surface area contributed by atoms with Gasteiger partial charge in [-0.3, -0.25) is 14.3 Å². The van der Waals surface area contributed by atoms with Gasteiger partial charge in [-0.2, -0.15) is 5.10 Å². The van der Waals surface area contributed by atoms with Gasteiger partial charge in [0, 0.05) is 24.2 Å². The summed E-state index contributed by atoms with van der Waals surface area (Å²) in [6.07, 6.45) is 4.25. The molecule has 6 nitrogen and oxygen atoms in total. The van der Waals surface area contributed by atoms with Crippen molar-refractivity contribution in [1.82, 2.24) is 20.4 Å². The third kappa shape index (κ3) is 3.90. The fourth-order valence-corrected chi connectivity index (χ4v) is 3.53. The average molecular weight is 375 g/mol. The summed E-state index contributed by atoms with van der Waals surface area (Å²) in [4.78, 5) is 24.8. The maximum atomic E-state index is 12.8. The highest BCUT2D eigenvalue weighted by molar-refractivity contribution is 6.30. The van der Waals surface area contributed by atoms with Crippen LogP contribution in [-0.4, -0.2) is 34.7 Å². The van der Waals surface area contributed by atoms with E-state index in [0.717, 1.165) is 31.2 Å². The number of carbonyl (C=O) groups is 2. The van der Waals surface area contributed by atoms with Crippen molar-refractivity contribution < 1.29 is 9.59 Å². The first-order valence-electron chi connectivity index (χ1n) is 8.87. The molecule has 1 heterocycles. The Labute approximate surface area is 157 Å². The molecule has 0 bridgehead atoms. The van der Waals surface area contributed by atoms with Crippen molar-refractivity contribution in [2.24, 2.45) is 0 Å². The Morgan fingerprint density at radius 2 is 1.96 bits per heavy atom. The molecule has 1 aromatic carbocycles. The Balaban J connectivity index is 1.94. The van der Waals surface area contributed by atoms with Crippen molar-refractivity contribution in [1.29, 1.82) is 0 Å². The number of rotatable bonds is 5. The zero-order chi connectivity index (χ0) is 18.7. The minimum Gasteiger partial charge on any atom is -0.354 e. The SMILES string of the molecule is CNC(=O)c1cc(C(=O)NC2CCCC2)n([C@@H](C)c2cccc(Cl)c2)n1. The van der Waals surface area contributed by atoms with Crippen LogP contribution >= 0.6 is 11.6 Å². The monoisotopic (exact) mass is 374 g/mol. The molecule has 0 saturated heterocycles. The predicted octanol–water partition coefficient (Wildman–Crippen LogP) is 3.18. The molecule has 1 aliphatic carbocycles. The maximum Gasteiger partial charge on any atom is 0.271 e. The van der Waals surface area contributed by atoms with Crippen molar-refractivity contribution in [2.45, 2.75) is 44.7 Å². The van der Waals surface area contributed by atoms with Crippen molar-refractivity contribution in [3.8, 4) is 0 Å². The molecule has 2 N–H and O–H groups in total. The van der Waals surface area contributed by atoms with E-state index in [1.807, 2.05) is 25.1 Å². The summed E-state index contributed by atoms with van der Waals surface area (Å²) in [5.41, 5.74) is 1.51. The van der Waals surface area contributed by atoms with Gasteiger partial charge in [0.1, 0.15) is 5.69 Å². The summed E-state index contributed by atoms with van der Waals surface area (Å²) < 4.78 is 1.60. The second-order valence-corrected chi connectivity index (χ2v) is 7.06. The van der Waals surface area contributed by atoms with Gasteiger partial charge in [0.05, 0.1) is 6.04 Å². The van der Waals surface area contributed by atoms with Crippen LogP contribution in [0.5, 0.6) is 0 Å². The van der Waals surface area contributed by atoms with Crippen LogP contribution in [0.1, 0.15) is 65.2 Å². The number of halogens is 1. The number of benzene rings is 1. The molecular formula is C19H23ClN4O2. The number of aromatic nitrogens is 2. The molecular weight excluding hydrogens is 352 g/mol. The first-order valence-corrected chi connectivity index (χ1v) is 9.25. The van der Waals surface area contributed by atoms with E-state index in [9.17, 15) is 9.59 Å². The van der Waals surface area contributed by atoms with Crippen LogP contribution in [0.3, 0.4) is 0 Å². The number of carbonyl (C=O) groups excluding carboxylic acids is 2. The summed E-state index contributed by atoms with van der Waals surface area (Å²) in [5.74, 6) is -0.523. The van der Waals surface area contributed by atoms with E-state index < -0.39 is 0 Å². The lowest BCUT2D eigenvalue weighted by Gasteiger charge is -2.18. The highest BCUT2D eigenvalue weighted by Crippen LogP contribution is 2.24. The smallest absolute Gasteiger partial charge is 0.271 e. The lowest BCUT2D eigenvalue weighted by molar-refractivity contribution is 0.0923. The second-order valence-electron chi connectivity index (χ2n) is 6.62. The highest BCUT2D eigenvalue weighted by atomic mass is 35.5. The summed E-state index contributed by atoms with van der Waals surface area (Å²) in [7, 11) is 1.54. The topological polar surface area (TPSA) is 76.0 Å². The minimum atomic E-state index is -0.322. The normalized spacial score (nSPS) is 15.7. The molecule has 1 fully saturated rings. The number of hydrogen-bond acceptors (Lipinski definition) is 3. The van der Waals surface area contributed by atoms with E-state index in [1.165, 1.54) is 0 Å². The number of amides is 2. The van der Waals surface area contributed by atoms with Crippen LogP contribution in [0.4, 0.5) is 0 Å². The third-order valence-electron chi connectivity index (χ3n) is 4.82. The van der Waals surface area contributed by atoms with Gasteiger partial charge < -0.3 is 10.6 Å². The molecule has 0 unspecified atom stereocenters. The van der Waals surface area contributed by atoms with Crippen molar-refractivity contribution in [2.75, 3.05) is 7.05 Å². The molecule has 26 heavy (non-hydrogen) atoms. The molecule has 2 amide bonds. The first-order chi connectivity index (χ1) is 12.5. The molecule has 1 aliphatic rings. The molecule has 1 saturated carbocycles. The predicted molar refractivity (Wildman–Crippen MR) is 101 cm³/mol. The van der Waals surface area contributed by atoms with Crippen molar-refractivity contribution >= 4 is 23.4 Å². The highest BCUT2D eigenvalue weighted by Gasteiger charge is 2.25. The summed E-state index contributed by atoms with van der Waals surface area (Å²) >= 11 is 6.10. The number of nitrogens with zero attached hydrogens (tertiary/aromatic N) is 2. The van der Waals surface area contributed by atoms with Gasteiger partial charge in [0.15, 0.2) is 5.69 Å². The zero-order valence-electron chi connectivity index (χ0n) is 15.0. The van der Waals surface area contributed by atoms with Crippen LogP contribution in [-0.2, 0) is 0 Å². The second kappa shape index (κ2) is 7.91. The van der Waals surface area contributed by atoms with Gasteiger partial charge in [0.2, 0.25) is 0 Å².